The van der Waals surface area contributed by atoms with Gasteiger partial charge in [0.15, 0.2) is 5.78 Å². The van der Waals surface area contributed by atoms with E-state index in [0.717, 1.165) is 12.8 Å². The summed E-state index contributed by atoms with van der Waals surface area (Å²) in [6.45, 7) is 2.16. The van der Waals surface area contributed by atoms with Crippen LogP contribution in [0.4, 0.5) is 0 Å². The highest BCUT2D eigenvalue weighted by Gasteiger charge is 2.11. The normalized spacial score (nSPS) is 10.3. The number of Topliss-reactive ketones (excluding diaryl/α,β-unsaturated/α-hetero) is 2. The molecular formula is C15H21NO2. The van der Waals surface area contributed by atoms with Crippen molar-refractivity contribution in [3.8, 4) is 0 Å². The Morgan fingerprint density at radius 2 is 1.94 bits per heavy atom. The maximum Gasteiger partial charge on any atom is 0.171 e. The zero-order valence-corrected chi connectivity index (χ0v) is 11.0. The van der Waals surface area contributed by atoms with Crippen LogP contribution in [-0.4, -0.2) is 16.6 Å². The maximum absolute atomic E-state index is 11.7. The van der Waals surface area contributed by atoms with E-state index in [4.69, 9.17) is 0 Å². The predicted octanol–water partition coefficient (Wildman–Crippen LogP) is 3.58. The molecule has 98 valence electrons. The highest BCUT2D eigenvalue weighted by molar-refractivity contribution is 6.07. The Hall–Kier alpha value is -1.51. The van der Waals surface area contributed by atoms with Crippen LogP contribution in [0.5, 0.6) is 0 Å². The number of ketones is 2. The monoisotopic (exact) mass is 247 g/mol. The van der Waals surface area contributed by atoms with Gasteiger partial charge in [-0.2, -0.15) is 0 Å². The highest BCUT2D eigenvalue weighted by atomic mass is 16.1. The van der Waals surface area contributed by atoms with Gasteiger partial charge in [-0.3, -0.25) is 14.6 Å². The molecule has 1 aromatic heterocycles. The molecule has 0 aliphatic rings. The Morgan fingerprint density at radius 3 is 2.61 bits per heavy atom. The molecule has 0 aliphatic heterocycles. The molecule has 0 aliphatic carbocycles. The number of rotatable bonds is 9. The Kier molecular flexibility index (Phi) is 6.92. The standard InChI is InChI=1S/C15H21NO2/c1-2-3-4-5-6-9-14(17)11-15(18)13-8-7-10-16-12-13/h7-8,10,12H,2-6,9,11H2,1H3. The number of carbonyl (C=O) groups is 2. The molecule has 0 N–H and O–H groups in total. The molecule has 0 spiro atoms. The molecule has 0 saturated carbocycles. The Labute approximate surface area is 109 Å². The van der Waals surface area contributed by atoms with Gasteiger partial charge in [-0.15, -0.1) is 0 Å². The van der Waals surface area contributed by atoms with Gasteiger partial charge < -0.3 is 0 Å². The van der Waals surface area contributed by atoms with E-state index < -0.39 is 0 Å². The van der Waals surface area contributed by atoms with Gasteiger partial charge in [0.25, 0.3) is 0 Å². The lowest BCUT2D eigenvalue weighted by Gasteiger charge is -2.01. The van der Waals surface area contributed by atoms with Crippen molar-refractivity contribution >= 4 is 11.6 Å². The van der Waals surface area contributed by atoms with Gasteiger partial charge in [-0.05, 0) is 18.6 Å². The second-order valence-electron chi connectivity index (χ2n) is 4.54. The predicted molar refractivity (Wildman–Crippen MR) is 71.6 cm³/mol. The van der Waals surface area contributed by atoms with E-state index in [2.05, 4.69) is 11.9 Å². The molecule has 3 heteroatoms. The number of pyridine rings is 1. The average molecular weight is 247 g/mol. The number of hydrogen-bond acceptors (Lipinski definition) is 3. The maximum atomic E-state index is 11.7. The first-order valence-electron chi connectivity index (χ1n) is 6.69. The number of hydrogen-bond donors (Lipinski definition) is 0. The summed E-state index contributed by atoms with van der Waals surface area (Å²) in [5, 5.41) is 0. The van der Waals surface area contributed by atoms with Gasteiger partial charge in [0.1, 0.15) is 5.78 Å². The van der Waals surface area contributed by atoms with Crippen LogP contribution in [0.2, 0.25) is 0 Å². The molecule has 0 fully saturated rings. The van der Waals surface area contributed by atoms with Gasteiger partial charge in [-0.25, -0.2) is 0 Å². The van der Waals surface area contributed by atoms with Crippen molar-refractivity contribution in [1.82, 2.24) is 4.98 Å². The van der Waals surface area contributed by atoms with Crippen molar-refractivity contribution in [2.24, 2.45) is 0 Å². The summed E-state index contributed by atoms with van der Waals surface area (Å²) in [5.74, 6) is -0.0815. The van der Waals surface area contributed by atoms with E-state index in [9.17, 15) is 9.59 Å². The van der Waals surface area contributed by atoms with Crippen molar-refractivity contribution in [1.29, 1.82) is 0 Å². The van der Waals surface area contributed by atoms with E-state index in [1.807, 2.05) is 0 Å². The minimum Gasteiger partial charge on any atom is -0.299 e. The molecule has 0 saturated heterocycles. The van der Waals surface area contributed by atoms with Crippen LogP contribution in [0.25, 0.3) is 0 Å². The number of carbonyl (C=O) groups excluding carboxylic acids is 2. The quantitative estimate of drug-likeness (QED) is 0.380. The smallest absolute Gasteiger partial charge is 0.171 e. The third-order valence-electron chi connectivity index (χ3n) is 2.90. The summed E-state index contributed by atoms with van der Waals surface area (Å²) in [6, 6.07) is 3.41. The lowest BCUT2D eigenvalue weighted by molar-refractivity contribution is -0.118. The van der Waals surface area contributed by atoms with Gasteiger partial charge in [-0.1, -0.05) is 32.6 Å². The molecule has 1 rings (SSSR count). The molecule has 1 heterocycles. The first-order chi connectivity index (χ1) is 8.74. The van der Waals surface area contributed by atoms with E-state index in [1.165, 1.54) is 25.5 Å². The lowest BCUT2D eigenvalue weighted by atomic mass is 10.0. The summed E-state index contributed by atoms with van der Waals surface area (Å²) < 4.78 is 0. The molecule has 0 aromatic carbocycles. The van der Waals surface area contributed by atoms with Crippen LogP contribution in [0.3, 0.4) is 0 Å². The fourth-order valence-corrected chi connectivity index (χ4v) is 1.82. The molecule has 1 aromatic rings. The fraction of sp³-hybridized carbons (Fsp3) is 0.533. The average Bonchev–Trinajstić information content (AvgIpc) is 2.39. The summed E-state index contributed by atoms with van der Waals surface area (Å²) in [7, 11) is 0. The number of unbranched alkanes of at least 4 members (excludes halogenated alkanes) is 4. The summed E-state index contributed by atoms with van der Waals surface area (Å²) in [4.78, 5) is 27.2. The van der Waals surface area contributed by atoms with E-state index in [0.29, 0.717) is 12.0 Å². The third kappa shape index (κ3) is 5.71. The largest absolute Gasteiger partial charge is 0.299 e. The second kappa shape index (κ2) is 8.56. The molecular weight excluding hydrogens is 226 g/mol. The molecule has 0 bridgehead atoms. The highest BCUT2D eigenvalue weighted by Crippen LogP contribution is 2.08. The van der Waals surface area contributed by atoms with Crippen molar-refractivity contribution < 1.29 is 9.59 Å². The van der Waals surface area contributed by atoms with E-state index >= 15 is 0 Å². The van der Waals surface area contributed by atoms with Gasteiger partial charge >= 0.3 is 0 Å². The van der Waals surface area contributed by atoms with Crippen molar-refractivity contribution in [2.45, 2.75) is 51.9 Å². The topological polar surface area (TPSA) is 47.0 Å². The number of nitrogens with zero attached hydrogens (tertiary/aromatic N) is 1. The summed E-state index contributed by atoms with van der Waals surface area (Å²) in [6.07, 6.45) is 9.26. The van der Waals surface area contributed by atoms with Gasteiger partial charge in [0.2, 0.25) is 0 Å². The van der Waals surface area contributed by atoms with E-state index in [-0.39, 0.29) is 18.0 Å². The number of aromatic nitrogens is 1. The molecule has 0 atom stereocenters. The Bertz CT molecular complexity index is 373. The molecule has 0 radical (unpaired) electrons. The zero-order chi connectivity index (χ0) is 13.2. The Balaban J connectivity index is 2.22. The summed E-state index contributed by atoms with van der Waals surface area (Å²) >= 11 is 0. The van der Waals surface area contributed by atoms with Crippen LogP contribution in [0, 0.1) is 0 Å². The van der Waals surface area contributed by atoms with E-state index in [1.54, 1.807) is 18.3 Å². The minimum atomic E-state index is -0.123. The Morgan fingerprint density at radius 1 is 1.17 bits per heavy atom. The lowest BCUT2D eigenvalue weighted by Crippen LogP contribution is -2.08. The van der Waals surface area contributed by atoms with Crippen LogP contribution in [-0.2, 0) is 4.79 Å². The van der Waals surface area contributed by atoms with Crippen LogP contribution >= 0.6 is 0 Å². The summed E-state index contributed by atoms with van der Waals surface area (Å²) in [5.41, 5.74) is 0.525. The zero-order valence-electron chi connectivity index (χ0n) is 11.0. The van der Waals surface area contributed by atoms with Crippen LogP contribution in [0.1, 0.15) is 62.2 Å². The van der Waals surface area contributed by atoms with Gasteiger partial charge in [0, 0.05) is 24.4 Å². The minimum absolute atomic E-state index is 0.0134. The van der Waals surface area contributed by atoms with Crippen molar-refractivity contribution in [3.63, 3.8) is 0 Å². The molecule has 0 unspecified atom stereocenters. The second-order valence-corrected chi connectivity index (χ2v) is 4.54. The molecule has 0 amide bonds. The van der Waals surface area contributed by atoms with Crippen molar-refractivity contribution in [2.75, 3.05) is 0 Å². The fourth-order valence-electron chi connectivity index (χ4n) is 1.82. The molecule has 3 nitrogen and oxygen atoms in total. The first kappa shape index (κ1) is 14.6. The van der Waals surface area contributed by atoms with Crippen LogP contribution in [0.15, 0.2) is 24.5 Å². The SMILES string of the molecule is CCCCCCCC(=O)CC(=O)c1cccnc1. The van der Waals surface area contributed by atoms with Crippen molar-refractivity contribution in [3.05, 3.63) is 30.1 Å². The molecule has 18 heavy (non-hydrogen) atoms. The third-order valence-corrected chi connectivity index (χ3v) is 2.90. The van der Waals surface area contributed by atoms with Crippen LogP contribution < -0.4 is 0 Å². The first-order valence-corrected chi connectivity index (χ1v) is 6.69. The van der Waals surface area contributed by atoms with Gasteiger partial charge in [0.05, 0.1) is 6.42 Å².